The Labute approximate surface area is 110 Å². The van der Waals surface area contributed by atoms with Crippen LogP contribution in [0, 0.1) is 0 Å². The summed E-state index contributed by atoms with van der Waals surface area (Å²) in [4.78, 5) is 11.7. The molecule has 1 aromatic carbocycles. The van der Waals surface area contributed by atoms with Gasteiger partial charge < -0.3 is 9.47 Å². The standard InChI is InChI=1S/C14H14N2O3/c1-4-9-10(6-5-7-12(9)18-2)11-8-15-16-14(17)13(11)19-3/h4-8H,1H2,2-3H3,(H,16,17). The van der Waals surface area contributed by atoms with Crippen LogP contribution in [-0.4, -0.2) is 24.4 Å². The fraction of sp³-hybridized carbons (Fsp3) is 0.143. The first-order chi connectivity index (χ1) is 9.22. The Morgan fingerprint density at radius 3 is 2.68 bits per heavy atom. The Kier molecular flexibility index (Phi) is 3.66. The van der Waals surface area contributed by atoms with Crippen LogP contribution in [0.15, 0.2) is 35.8 Å². The maximum absolute atomic E-state index is 11.7. The highest BCUT2D eigenvalue weighted by Gasteiger charge is 2.15. The zero-order chi connectivity index (χ0) is 13.8. The molecule has 5 heteroatoms. The fourth-order valence-corrected chi connectivity index (χ4v) is 1.95. The molecule has 0 aliphatic heterocycles. The van der Waals surface area contributed by atoms with E-state index in [0.717, 1.165) is 11.1 Å². The van der Waals surface area contributed by atoms with E-state index >= 15 is 0 Å². The normalized spacial score (nSPS) is 10.0. The number of nitrogens with zero attached hydrogens (tertiary/aromatic N) is 1. The average molecular weight is 258 g/mol. The molecule has 1 aromatic heterocycles. The number of ether oxygens (including phenoxy) is 2. The number of nitrogens with one attached hydrogen (secondary N) is 1. The minimum atomic E-state index is -0.377. The summed E-state index contributed by atoms with van der Waals surface area (Å²) >= 11 is 0. The van der Waals surface area contributed by atoms with Gasteiger partial charge in [0.1, 0.15) is 5.75 Å². The molecule has 0 saturated carbocycles. The summed E-state index contributed by atoms with van der Waals surface area (Å²) in [5.41, 5.74) is 1.79. The Balaban J connectivity index is 2.76. The lowest BCUT2D eigenvalue weighted by molar-refractivity contribution is 0.407. The summed E-state index contributed by atoms with van der Waals surface area (Å²) < 4.78 is 10.4. The molecule has 5 nitrogen and oxygen atoms in total. The predicted octanol–water partition coefficient (Wildman–Crippen LogP) is 2.10. The van der Waals surface area contributed by atoms with Crippen molar-refractivity contribution in [1.29, 1.82) is 0 Å². The van der Waals surface area contributed by atoms with E-state index in [-0.39, 0.29) is 11.3 Å². The van der Waals surface area contributed by atoms with Gasteiger partial charge in [0, 0.05) is 5.56 Å². The van der Waals surface area contributed by atoms with E-state index in [1.807, 2.05) is 18.2 Å². The minimum absolute atomic E-state index is 0.214. The molecule has 0 atom stereocenters. The van der Waals surface area contributed by atoms with Crippen molar-refractivity contribution < 1.29 is 9.47 Å². The van der Waals surface area contributed by atoms with Crippen molar-refractivity contribution in [3.63, 3.8) is 0 Å². The molecular weight excluding hydrogens is 244 g/mol. The molecule has 0 aliphatic rings. The van der Waals surface area contributed by atoms with E-state index < -0.39 is 0 Å². The molecule has 2 aromatic rings. The van der Waals surface area contributed by atoms with Gasteiger partial charge in [-0.15, -0.1) is 0 Å². The van der Waals surface area contributed by atoms with E-state index in [1.54, 1.807) is 19.4 Å². The van der Waals surface area contributed by atoms with Crippen molar-refractivity contribution in [2.75, 3.05) is 14.2 Å². The fourth-order valence-electron chi connectivity index (χ4n) is 1.95. The lowest BCUT2D eigenvalue weighted by atomic mass is 10.00. The van der Waals surface area contributed by atoms with Crippen LogP contribution in [0.3, 0.4) is 0 Å². The maximum Gasteiger partial charge on any atom is 0.307 e. The summed E-state index contributed by atoms with van der Waals surface area (Å²) in [6.07, 6.45) is 3.22. The van der Waals surface area contributed by atoms with E-state index in [4.69, 9.17) is 9.47 Å². The number of hydrogen-bond acceptors (Lipinski definition) is 4. The molecule has 1 N–H and O–H groups in total. The smallest absolute Gasteiger partial charge is 0.307 e. The molecule has 0 bridgehead atoms. The molecule has 0 radical (unpaired) electrons. The Bertz CT molecular complexity index is 662. The topological polar surface area (TPSA) is 64.2 Å². The highest BCUT2D eigenvalue weighted by atomic mass is 16.5. The van der Waals surface area contributed by atoms with Crippen LogP contribution in [0.1, 0.15) is 5.56 Å². The number of H-pyrrole nitrogens is 1. The largest absolute Gasteiger partial charge is 0.496 e. The summed E-state index contributed by atoms with van der Waals surface area (Å²) in [5, 5.41) is 6.15. The predicted molar refractivity (Wildman–Crippen MR) is 73.5 cm³/mol. The van der Waals surface area contributed by atoms with Gasteiger partial charge >= 0.3 is 5.56 Å². The molecule has 0 spiro atoms. The second-order valence-corrected chi connectivity index (χ2v) is 3.77. The van der Waals surface area contributed by atoms with Gasteiger partial charge in [-0.1, -0.05) is 24.8 Å². The van der Waals surface area contributed by atoms with E-state index in [0.29, 0.717) is 11.3 Å². The lowest BCUT2D eigenvalue weighted by Gasteiger charge is -2.12. The van der Waals surface area contributed by atoms with Crippen LogP contribution < -0.4 is 15.0 Å². The Morgan fingerprint density at radius 1 is 1.26 bits per heavy atom. The maximum atomic E-state index is 11.7. The number of rotatable bonds is 4. The van der Waals surface area contributed by atoms with Gasteiger partial charge in [-0.05, 0) is 11.6 Å². The lowest BCUT2D eigenvalue weighted by Crippen LogP contribution is -2.12. The number of methoxy groups -OCH3 is 2. The molecule has 0 amide bonds. The van der Waals surface area contributed by atoms with Crippen molar-refractivity contribution in [3.05, 3.63) is 46.9 Å². The third-order valence-corrected chi connectivity index (χ3v) is 2.80. The van der Waals surface area contributed by atoms with Gasteiger partial charge in [-0.25, -0.2) is 5.10 Å². The summed E-state index contributed by atoms with van der Waals surface area (Å²) in [6, 6.07) is 5.52. The zero-order valence-corrected chi connectivity index (χ0v) is 10.8. The van der Waals surface area contributed by atoms with Crippen molar-refractivity contribution >= 4 is 6.08 Å². The number of aromatic nitrogens is 2. The molecule has 98 valence electrons. The zero-order valence-electron chi connectivity index (χ0n) is 10.8. The van der Waals surface area contributed by atoms with Crippen LogP contribution in [0.5, 0.6) is 11.5 Å². The third-order valence-electron chi connectivity index (χ3n) is 2.80. The van der Waals surface area contributed by atoms with Crippen LogP contribution in [0.4, 0.5) is 0 Å². The van der Waals surface area contributed by atoms with Gasteiger partial charge in [-0.3, -0.25) is 4.79 Å². The van der Waals surface area contributed by atoms with Crippen molar-refractivity contribution in [2.45, 2.75) is 0 Å². The van der Waals surface area contributed by atoms with Crippen LogP contribution in [0.2, 0.25) is 0 Å². The van der Waals surface area contributed by atoms with Gasteiger partial charge in [0.2, 0.25) is 0 Å². The van der Waals surface area contributed by atoms with E-state index in [2.05, 4.69) is 16.8 Å². The van der Waals surface area contributed by atoms with Gasteiger partial charge in [0.25, 0.3) is 0 Å². The molecule has 19 heavy (non-hydrogen) atoms. The van der Waals surface area contributed by atoms with Gasteiger partial charge in [0.05, 0.1) is 26.0 Å². The Hall–Kier alpha value is -2.56. The van der Waals surface area contributed by atoms with E-state index in [1.165, 1.54) is 7.11 Å². The highest BCUT2D eigenvalue weighted by molar-refractivity contribution is 5.80. The molecule has 0 unspecified atom stereocenters. The van der Waals surface area contributed by atoms with Crippen molar-refractivity contribution in [2.24, 2.45) is 0 Å². The monoisotopic (exact) mass is 258 g/mol. The first kappa shape index (κ1) is 12.9. The van der Waals surface area contributed by atoms with Crippen LogP contribution >= 0.6 is 0 Å². The minimum Gasteiger partial charge on any atom is -0.496 e. The van der Waals surface area contributed by atoms with Gasteiger partial charge in [0.15, 0.2) is 5.75 Å². The summed E-state index contributed by atoms with van der Waals surface area (Å²) in [6.45, 7) is 3.78. The molecule has 0 aliphatic carbocycles. The average Bonchev–Trinajstić information content (AvgIpc) is 2.45. The van der Waals surface area contributed by atoms with Crippen molar-refractivity contribution in [3.8, 4) is 22.6 Å². The SMILES string of the molecule is C=Cc1c(OC)cccc1-c1cn[nH]c(=O)c1OC. The first-order valence-corrected chi connectivity index (χ1v) is 5.64. The number of hydrogen-bond donors (Lipinski definition) is 1. The summed E-state index contributed by atoms with van der Waals surface area (Å²) in [5.74, 6) is 0.890. The third kappa shape index (κ3) is 2.22. The Morgan fingerprint density at radius 2 is 2.05 bits per heavy atom. The molecule has 1 heterocycles. The molecular formula is C14H14N2O3. The van der Waals surface area contributed by atoms with Crippen LogP contribution in [-0.2, 0) is 0 Å². The quantitative estimate of drug-likeness (QED) is 0.912. The molecule has 2 rings (SSSR count). The second-order valence-electron chi connectivity index (χ2n) is 3.77. The molecule has 0 fully saturated rings. The van der Waals surface area contributed by atoms with E-state index in [9.17, 15) is 4.79 Å². The second kappa shape index (κ2) is 5.39. The number of benzene rings is 1. The van der Waals surface area contributed by atoms with Crippen LogP contribution in [0.25, 0.3) is 17.2 Å². The highest BCUT2D eigenvalue weighted by Crippen LogP contribution is 2.34. The number of aromatic amines is 1. The summed E-state index contributed by atoms with van der Waals surface area (Å²) in [7, 11) is 3.03. The first-order valence-electron chi connectivity index (χ1n) is 5.64. The van der Waals surface area contributed by atoms with Gasteiger partial charge in [-0.2, -0.15) is 5.10 Å². The van der Waals surface area contributed by atoms with Crippen molar-refractivity contribution in [1.82, 2.24) is 10.2 Å². The molecule has 0 saturated heterocycles.